The maximum Gasteiger partial charge on any atom is 0.243 e. The molecule has 0 aliphatic carbocycles. The molecule has 2 aromatic carbocycles. The van der Waals surface area contributed by atoms with Crippen molar-refractivity contribution in [2.24, 2.45) is 0 Å². The lowest BCUT2D eigenvalue weighted by Gasteiger charge is -2.17. The molecule has 0 aliphatic rings. The van der Waals surface area contributed by atoms with Crippen molar-refractivity contribution in [2.75, 3.05) is 43.7 Å². The molecule has 0 fully saturated rings. The fourth-order valence-corrected chi connectivity index (χ4v) is 3.84. The third kappa shape index (κ3) is 5.96. The van der Waals surface area contributed by atoms with Gasteiger partial charge in [0.25, 0.3) is 0 Å². The molecule has 3 N–H and O–H groups in total. The summed E-state index contributed by atoms with van der Waals surface area (Å²) in [7, 11) is 0.800. The average Bonchev–Trinajstić information content (AvgIpc) is 2.68. The summed E-state index contributed by atoms with van der Waals surface area (Å²) >= 11 is 0. The number of hydrogen-bond donors (Lipinski definition) is 3. The van der Waals surface area contributed by atoms with Gasteiger partial charge in [-0.2, -0.15) is 0 Å². The second-order valence-corrected chi connectivity index (χ2v) is 9.35. The first-order valence-corrected chi connectivity index (χ1v) is 10.9. The summed E-state index contributed by atoms with van der Waals surface area (Å²) in [6.07, 6.45) is 0. The van der Waals surface area contributed by atoms with Gasteiger partial charge in [-0.15, -0.1) is 0 Å². The molecule has 31 heavy (non-hydrogen) atoms. The summed E-state index contributed by atoms with van der Waals surface area (Å²) in [5.41, 5.74) is 3.10. The molecule has 0 atom stereocenters. The highest BCUT2D eigenvalue weighted by atomic mass is 32.2. The van der Waals surface area contributed by atoms with Gasteiger partial charge in [0, 0.05) is 32.4 Å². The van der Waals surface area contributed by atoms with Crippen LogP contribution in [0.3, 0.4) is 0 Å². The van der Waals surface area contributed by atoms with Crippen molar-refractivity contribution in [1.29, 1.82) is 0 Å². The number of ether oxygens (including phenoxy) is 1. The maximum atomic E-state index is 12.5. The minimum atomic E-state index is -3.61. The van der Waals surface area contributed by atoms with E-state index in [1.165, 1.54) is 34.2 Å². The van der Waals surface area contributed by atoms with Crippen molar-refractivity contribution < 1.29 is 22.7 Å². The Morgan fingerprint density at radius 2 is 1.71 bits per heavy atom. The molecule has 0 aromatic heterocycles. The number of rotatable bonds is 8. The van der Waals surface area contributed by atoms with E-state index < -0.39 is 10.0 Å². The molecule has 0 saturated heterocycles. The van der Waals surface area contributed by atoms with Crippen LogP contribution in [0.15, 0.2) is 35.2 Å². The molecule has 168 valence electrons. The molecule has 0 unspecified atom stereocenters. The van der Waals surface area contributed by atoms with Crippen molar-refractivity contribution in [2.45, 2.75) is 25.7 Å². The first kappa shape index (κ1) is 24.2. The number of benzene rings is 2. The number of aryl methyl sites for hydroxylation is 1. The van der Waals surface area contributed by atoms with Crippen LogP contribution in [0.4, 0.5) is 17.1 Å². The van der Waals surface area contributed by atoms with Gasteiger partial charge in [-0.1, -0.05) is 0 Å². The molecule has 0 radical (unpaired) electrons. The summed E-state index contributed by atoms with van der Waals surface area (Å²) in [6, 6.07) is 8.02. The van der Waals surface area contributed by atoms with Crippen LogP contribution >= 0.6 is 0 Å². The Kier molecular flexibility index (Phi) is 7.64. The largest absolute Gasteiger partial charge is 0.495 e. The predicted molar refractivity (Wildman–Crippen MR) is 121 cm³/mol. The standard InChI is InChI=1S/C21H28N4O5S/c1-13-9-17(31(28,29)25(4)5)11-18(14(13)2)22-12-21(27)24-19-10-16(23-15(3)26)7-8-20(19)30-6/h7-11,22H,12H2,1-6H3,(H,23,26)(H,24,27). The van der Waals surface area contributed by atoms with E-state index in [0.29, 0.717) is 22.8 Å². The molecule has 2 aromatic rings. The van der Waals surface area contributed by atoms with E-state index in [4.69, 9.17) is 4.74 Å². The number of carbonyl (C=O) groups excluding carboxylic acids is 2. The fraction of sp³-hybridized carbons (Fsp3) is 0.333. The Hall–Kier alpha value is -3.11. The Morgan fingerprint density at radius 1 is 1.03 bits per heavy atom. The van der Waals surface area contributed by atoms with Crippen LogP contribution in [-0.2, 0) is 19.6 Å². The monoisotopic (exact) mass is 448 g/mol. The van der Waals surface area contributed by atoms with Crippen LogP contribution in [0.1, 0.15) is 18.1 Å². The number of carbonyl (C=O) groups is 2. The lowest BCUT2D eigenvalue weighted by Crippen LogP contribution is -2.24. The first-order chi connectivity index (χ1) is 14.4. The molecule has 9 nitrogen and oxygen atoms in total. The van der Waals surface area contributed by atoms with Crippen LogP contribution in [0.5, 0.6) is 5.75 Å². The van der Waals surface area contributed by atoms with Gasteiger partial charge in [0.1, 0.15) is 5.75 Å². The Balaban J connectivity index is 2.20. The highest BCUT2D eigenvalue weighted by molar-refractivity contribution is 7.89. The van der Waals surface area contributed by atoms with E-state index in [2.05, 4.69) is 16.0 Å². The molecule has 0 saturated carbocycles. The van der Waals surface area contributed by atoms with Gasteiger partial charge < -0.3 is 20.7 Å². The summed E-state index contributed by atoms with van der Waals surface area (Å²) < 4.78 is 31.4. The molecule has 0 spiro atoms. The number of anilines is 3. The Bertz CT molecular complexity index is 1100. The van der Waals surface area contributed by atoms with E-state index in [-0.39, 0.29) is 23.3 Å². The molecule has 0 heterocycles. The number of sulfonamides is 1. The van der Waals surface area contributed by atoms with Gasteiger partial charge in [-0.3, -0.25) is 9.59 Å². The third-order valence-corrected chi connectivity index (χ3v) is 6.45. The van der Waals surface area contributed by atoms with Gasteiger partial charge >= 0.3 is 0 Å². The second kappa shape index (κ2) is 9.80. The van der Waals surface area contributed by atoms with Gasteiger partial charge in [0.15, 0.2) is 0 Å². The molecule has 2 amide bonds. The van der Waals surface area contributed by atoms with E-state index in [9.17, 15) is 18.0 Å². The number of nitrogens with zero attached hydrogens (tertiary/aromatic N) is 1. The Morgan fingerprint density at radius 3 is 2.29 bits per heavy atom. The van der Waals surface area contributed by atoms with Gasteiger partial charge in [-0.25, -0.2) is 12.7 Å². The molecule has 0 aliphatic heterocycles. The summed E-state index contributed by atoms with van der Waals surface area (Å²) in [6.45, 7) is 4.95. The lowest BCUT2D eigenvalue weighted by atomic mass is 10.1. The zero-order valence-corrected chi connectivity index (χ0v) is 19.3. The fourth-order valence-electron chi connectivity index (χ4n) is 2.83. The zero-order chi connectivity index (χ0) is 23.3. The number of nitrogens with one attached hydrogen (secondary N) is 3. The minimum Gasteiger partial charge on any atom is -0.495 e. The quantitative estimate of drug-likeness (QED) is 0.571. The van der Waals surface area contributed by atoms with Crippen molar-refractivity contribution in [3.05, 3.63) is 41.5 Å². The Labute approximate surface area is 182 Å². The highest BCUT2D eigenvalue weighted by Crippen LogP contribution is 2.28. The van der Waals surface area contributed by atoms with Crippen molar-refractivity contribution in [3.63, 3.8) is 0 Å². The van der Waals surface area contributed by atoms with Crippen molar-refractivity contribution in [1.82, 2.24) is 4.31 Å². The lowest BCUT2D eigenvalue weighted by molar-refractivity contribution is -0.115. The van der Waals surface area contributed by atoms with Crippen LogP contribution < -0.4 is 20.7 Å². The topological polar surface area (TPSA) is 117 Å². The van der Waals surface area contributed by atoms with Crippen molar-refractivity contribution in [3.8, 4) is 5.75 Å². The maximum absolute atomic E-state index is 12.5. The van der Waals surface area contributed by atoms with Gasteiger partial charge in [0.05, 0.1) is 24.2 Å². The second-order valence-electron chi connectivity index (χ2n) is 7.20. The SMILES string of the molecule is COc1ccc(NC(C)=O)cc1NC(=O)CNc1cc(S(=O)(=O)N(C)C)cc(C)c1C. The van der Waals surface area contributed by atoms with Crippen LogP contribution in [0, 0.1) is 13.8 Å². The third-order valence-electron chi connectivity index (χ3n) is 4.65. The number of hydrogen-bond acceptors (Lipinski definition) is 6. The van der Waals surface area contributed by atoms with E-state index in [1.807, 2.05) is 13.8 Å². The summed E-state index contributed by atoms with van der Waals surface area (Å²) in [5.74, 6) is -0.160. The molecular weight excluding hydrogens is 420 g/mol. The normalized spacial score (nSPS) is 11.2. The van der Waals surface area contributed by atoms with Crippen molar-refractivity contribution >= 4 is 38.9 Å². The number of amides is 2. The predicted octanol–water partition coefficient (Wildman–Crippen LogP) is 2.57. The van der Waals surface area contributed by atoms with Crippen LogP contribution in [-0.4, -0.2) is 52.3 Å². The zero-order valence-electron chi connectivity index (χ0n) is 18.5. The summed E-state index contributed by atoms with van der Waals surface area (Å²) in [4.78, 5) is 24.0. The highest BCUT2D eigenvalue weighted by Gasteiger charge is 2.20. The van der Waals surface area contributed by atoms with Crippen LogP contribution in [0.25, 0.3) is 0 Å². The molecule has 0 bridgehead atoms. The minimum absolute atomic E-state index is 0.0980. The number of methoxy groups -OCH3 is 1. The molecule has 10 heteroatoms. The first-order valence-electron chi connectivity index (χ1n) is 9.48. The van der Waals surface area contributed by atoms with Crippen LogP contribution in [0.2, 0.25) is 0 Å². The summed E-state index contributed by atoms with van der Waals surface area (Å²) in [5, 5.41) is 8.39. The van der Waals surface area contributed by atoms with E-state index in [1.54, 1.807) is 24.3 Å². The van der Waals surface area contributed by atoms with E-state index in [0.717, 1.165) is 15.4 Å². The van der Waals surface area contributed by atoms with Gasteiger partial charge in [-0.05, 0) is 55.3 Å². The molecule has 2 rings (SSSR count). The van der Waals surface area contributed by atoms with E-state index >= 15 is 0 Å². The molecular formula is C21H28N4O5S. The van der Waals surface area contributed by atoms with Gasteiger partial charge in [0.2, 0.25) is 21.8 Å². The average molecular weight is 449 g/mol. The smallest absolute Gasteiger partial charge is 0.243 e.